The van der Waals surface area contributed by atoms with E-state index >= 15 is 0 Å². The Balaban J connectivity index is 1.59. The number of methoxy groups -OCH3 is 1. The largest absolute Gasteiger partial charge is 0.507 e. The van der Waals surface area contributed by atoms with Gasteiger partial charge in [-0.1, -0.05) is 49.4 Å². The van der Waals surface area contributed by atoms with Crippen LogP contribution >= 0.6 is 0 Å². The minimum absolute atomic E-state index is 0.0603. The van der Waals surface area contributed by atoms with Crippen LogP contribution in [0.4, 0.5) is 0 Å². The lowest BCUT2D eigenvalue weighted by Gasteiger charge is -2.25. The smallest absolute Gasteiger partial charge is 0.295 e. The van der Waals surface area contributed by atoms with Crippen molar-refractivity contribution >= 4 is 17.4 Å². The predicted molar refractivity (Wildman–Crippen MR) is 129 cm³/mol. The van der Waals surface area contributed by atoms with Crippen molar-refractivity contribution in [2.24, 2.45) is 0 Å². The van der Waals surface area contributed by atoms with Crippen LogP contribution in [0.15, 0.2) is 72.3 Å². The van der Waals surface area contributed by atoms with Crippen molar-refractivity contribution in [3.8, 4) is 17.2 Å². The SMILES string of the molecule is CCc1ccc(/C(O)=C2\C(=O)C(=O)N(Cc3ccc4c(c3)OCO4)C2c2ccc(OC)cc2)cc1. The van der Waals surface area contributed by atoms with Crippen molar-refractivity contribution in [1.82, 2.24) is 4.90 Å². The number of aliphatic hydroxyl groups excluding tert-OH is 1. The molecule has 2 heterocycles. The molecule has 1 unspecified atom stereocenters. The van der Waals surface area contributed by atoms with E-state index in [0.717, 1.165) is 17.5 Å². The van der Waals surface area contributed by atoms with Gasteiger partial charge in [0.1, 0.15) is 11.5 Å². The molecular formula is C28H25NO6. The maximum absolute atomic E-state index is 13.3. The molecule has 7 heteroatoms. The van der Waals surface area contributed by atoms with E-state index in [9.17, 15) is 14.7 Å². The quantitative estimate of drug-likeness (QED) is 0.321. The van der Waals surface area contributed by atoms with Crippen molar-refractivity contribution in [1.29, 1.82) is 0 Å². The molecule has 0 aliphatic carbocycles. The molecule has 1 atom stereocenters. The number of Topliss-reactive ketones (excluding diaryl/α,β-unsaturated/α-hetero) is 1. The highest BCUT2D eigenvalue weighted by Crippen LogP contribution is 2.41. The number of carbonyl (C=O) groups is 2. The zero-order chi connectivity index (χ0) is 24.5. The van der Waals surface area contributed by atoms with E-state index in [1.165, 1.54) is 4.90 Å². The number of amides is 1. The number of hydrogen-bond donors (Lipinski definition) is 1. The average molecular weight is 472 g/mol. The predicted octanol–water partition coefficient (Wildman–Crippen LogP) is 4.61. The molecule has 0 spiro atoms. The second-order valence-electron chi connectivity index (χ2n) is 8.44. The summed E-state index contributed by atoms with van der Waals surface area (Å²) in [5.41, 5.74) is 3.13. The number of aryl methyl sites for hydroxylation is 1. The summed E-state index contributed by atoms with van der Waals surface area (Å²) in [4.78, 5) is 28.0. The number of carbonyl (C=O) groups excluding carboxylic acids is 2. The van der Waals surface area contributed by atoms with Gasteiger partial charge in [0.2, 0.25) is 6.79 Å². The summed E-state index contributed by atoms with van der Waals surface area (Å²) in [7, 11) is 1.57. The molecule has 2 aliphatic rings. The van der Waals surface area contributed by atoms with Gasteiger partial charge in [-0.25, -0.2) is 0 Å². The molecule has 2 aliphatic heterocycles. The van der Waals surface area contributed by atoms with E-state index in [1.807, 2.05) is 25.1 Å². The molecule has 7 nitrogen and oxygen atoms in total. The first kappa shape index (κ1) is 22.5. The Bertz CT molecular complexity index is 1310. The summed E-state index contributed by atoms with van der Waals surface area (Å²) in [6.07, 6.45) is 0.854. The molecular weight excluding hydrogens is 446 g/mol. The molecule has 1 N–H and O–H groups in total. The van der Waals surface area contributed by atoms with Crippen molar-refractivity contribution in [2.75, 3.05) is 13.9 Å². The van der Waals surface area contributed by atoms with E-state index in [2.05, 4.69) is 0 Å². The zero-order valence-corrected chi connectivity index (χ0v) is 19.5. The van der Waals surface area contributed by atoms with E-state index in [1.54, 1.807) is 55.6 Å². The number of benzene rings is 3. The van der Waals surface area contributed by atoms with Crippen LogP contribution < -0.4 is 14.2 Å². The minimum Gasteiger partial charge on any atom is -0.507 e. The fourth-order valence-electron chi connectivity index (χ4n) is 4.47. The number of rotatable bonds is 6. The summed E-state index contributed by atoms with van der Waals surface area (Å²) in [5.74, 6) is 0.296. The lowest BCUT2D eigenvalue weighted by Crippen LogP contribution is -2.29. The van der Waals surface area contributed by atoms with Gasteiger partial charge in [0.15, 0.2) is 11.5 Å². The molecule has 1 fully saturated rings. The van der Waals surface area contributed by atoms with Gasteiger partial charge in [0, 0.05) is 12.1 Å². The van der Waals surface area contributed by atoms with E-state index < -0.39 is 17.7 Å². The Morgan fingerprint density at radius 2 is 1.66 bits per heavy atom. The van der Waals surface area contributed by atoms with Crippen LogP contribution in [0, 0.1) is 0 Å². The first-order valence-corrected chi connectivity index (χ1v) is 11.4. The van der Waals surface area contributed by atoms with Crippen molar-refractivity contribution in [3.63, 3.8) is 0 Å². The number of aliphatic hydroxyl groups is 1. The van der Waals surface area contributed by atoms with Gasteiger partial charge in [0.25, 0.3) is 11.7 Å². The molecule has 0 aromatic heterocycles. The number of ether oxygens (including phenoxy) is 3. The van der Waals surface area contributed by atoms with Gasteiger partial charge in [-0.15, -0.1) is 0 Å². The van der Waals surface area contributed by atoms with Crippen LogP contribution in [0.25, 0.3) is 5.76 Å². The molecule has 0 radical (unpaired) electrons. The maximum atomic E-state index is 13.3. The van der Waals surface area contributed by atoms with Crippen molar-refractivity contribution < 1.29 is 28.9 Å². The molecule has 5 rings (SSSR count). The molecule has 1 amide bonds. The highest BCUT2D eigenvalue weighted by molar-refractivity contribution is 6.46. The van der Waals surface area contributed by atoms with Gasteiger partial charge < -0.3 is 24.2 Å². The van der Waals surface area contributed by atoms with E-state index in [0.29, 0.717) is 28.4 Å². The average Bonchev–Trinajstić information content (AvgIpc) is 3.46. The Kier molecular flexibility index (Phi) is 5.91. The summed E-state index contributed by atoms with van der Waals surface area (Å²) in [6, 6.07) is 19.1. The molecule has 0 bridgehead atoms. The van der Waals surface area contributed by atoms with Gasteiger partial charge in [-0.2, -0.15) is 0 Å². The summed E-state index contributed by atoms with van der Waals surface area (Å²) < 4.78 is 16.1. The Hall–Kier alpha value is -4.26. The summed E-state index contributed by atoms with van der Waals surface area (Å²) in [6.45, 7) is 2.34. The van der Waals surface area contributed by atoms with Gasteiger partial charge in [-0.05, 0) is 47.4 Å². The number of ketones is 1. The first-order chi connectivity index (χ1) is 17.0. The molecule has 3 aromatic rings. The van der Waals surface area contributed by atoms with Crippen LogP contribution in [0.2, 0.25) is 0 Å². The second kappa shape index (κ2) is 9.18. The van der Waals surface area contributed by atoms with Crippen molar-refractivity contribution in [3.05, 3.63) is 94.6 Å². The third kappa shape index (κ3) is 4.10. The Labute approximate surface area is 203 Å². The topological polar surface area (TPSA) is 85.3 Å². The van der Waals surface area contributed by atoms with Crippen LogP contribution in [-0.4, -0.2) is 35.6 Å². The molecule has 1 saturated heterocycles. The van der Waals surface area contributed by atoms with Crippen LogP contribution in [0.3, 0.4) is 0 Å². The fraction of sp³-hybridized carbons (Fsp3) is 0.214. The number of nitrogens with zero attached hydrogens (tertiary/aromatic N) is 1. The van der Waals surface area contributed by atoms with Gasteiger partial charge in [0.05, 0.1) is 18.7 Å². The molecule has 35 heavy (non-hydrogen) atoms. The maximum Gasteiger partial charge on any atom is 0.295 e. The standard InChI is InChI=1S/C28H25NO6/c1-3-17-4-7-20(8-5-17)26(30)24-25(19-9-11-21(33-2)12-10-19)29(28(32)27(24)31)15-18-6-13-22-23(14-18)35-16-34-22/h4-14,25,30H,3,15-16H2,1-2H3/b26-24+. The second-order valence-corrected chi connectivity index (χ2v) is 8.44. The third-order valence-electron chi connectivity index (χ3n) is 6.40. The van der Waals surface area contributed by atoms with E-state index in [4.69, 9.17) is 14.2 Å². The number of fused-ring (bicyclic) bond motifs is 1. The monoisotopic (exact) mass is 471 g/mol. The molecule has 3 aromatic carbocycles. The fourth-order valence-corrected chi connectivity index (χ4v) is 4.47. The highest BCUT2D eigenvalue weighted by Gasteiger charge is 2.46. The van der Waals surface area contributed by atoms with Gasteiger partial charge in [-0.3, -0.25) is 9.59 Å². The first-order valence-electron chi connectivity index (χ1n) is 11.4. The Morgan fingerprint density at radius 3 is 2.34 bits per heavy atom. The number of likely N-dealkylation sites (tertiary alicyclic amines) is 1. The zero-order valence-electron chi connectivity index (χ0n) is 19.5. The Morgan fingerprint density at radius 1 is 0.971 bits per heavy atom. The summed E-state index contributed by atoms with van der Waals surface area (Å²) in [5, 5.41) is 11.2. The van der Waals surface area contributed by atoms with Crippen LogP contribution in [-0.2, 0) is 22.6 Å². The highest BCUT2D eigenvalue weighted by atomic mass is 16.7. The van der Waals surface area contributed by atoms with E-state index in [-0.39, 0.29) is 24.7 Å². The minimum atomic E-state index is -0.766. The van der Waals surface area contributed by atoms with Gasteiger partial charge >= 0.3 is 0 Å². The lowest BCUT2D eigenvalue weighted by atomic mass is 9.94. The van der Waals surface area contributed by atoms with Crippen LogP contribution in [0.1, 0.15) is 35.2 Å². The summed E-state index contributed by atoms with van der Waals surface area (Å²) >= 11 is 0. The third-order valence-corrected chi connectivity index (χ3v) is 6.40. The molecule has 178 valence electrons. The van der Waals surface area contributed by atoms with Crippen molar-refractivity contribution in [2.45, 2.75) is 25.9 Å². The lowest BCUT2D eigenvalue weighted by molar-refractivity contribution is -0.140. The molecule has 0 saturated carbocycles. The van der Waals surface area contributed by atoms with Crippen LogP contribution in [0.5, 0.6) is 17.2 Å². The normalized spacial score (nSPS) is 18.2. The number of hydrogen-bond acceptors (Lipinski definition) is 6.